The van der Waals surface area contributed by atoms with Gasteiger partial charge in [0.05, 0.1) is 10.6 Å². The van der Waals surface area contributed by atoms with E-state index in [1.165, 1.54) is 19.3 Å². The summed E-state index contributed by atoms with van der Waals surface area (Å²) in [5, 5.41) is 9.76. The van der Waals surface area contributed by atoms with Crippen molar-refractivity contribution >= 4 is 17.6 Å². The lowest BCUT2D eigenvalue weighted by molar-refractivity contribution is 0.379. The number of benzene rings is 1. The molecule has 0 radical (unpaired) electrons. The summed E-state index contributed by atoms with van der Waals surface area (Å²) in [6.45, 7) is 2.19. The van der Waals surface area contributed by atoms with Gasteiger partial charge < -0.3 is 10.8 Å². The molecule has 3 nitrogen and oxygen atoms in total. The summed E-state index contributed by atoms with van der Waals surface area (Å²) in [7, 11) is 0. The molecule has 0 aromatic heterocycles. The number of nitrogens with two attached hydrogens (primary N) is 1. The maximum atomic E-state index is 9.76. The fraction of sp³-hybridized carbons (Fsp3) is 0.455. The first kappa shape index (κ1) is 10.6. The maximum absolute atomic E-state index is 9.76. The fourth-order valence-corrected chi connectivity index (χ4v) is 2.77. The van der Waals surface area contributed by atoms with Crippen molar-refractivity contribution in [3.8, 4) is 5.75 Å². The summed E-state index contributed by atoms with van der Waals surface area (Å²) < 4.78 is 2.29. The van der Waals surface area contributed by atoms with Gasteiger partial charge in [0.2, 0.25) is 0 Å². The molecule has 3 N–H and O–H groups in total. The first-order chi connectivity index (χ1) is 7.27. The van der Waals surface area contributed by atoms with E-state index in [2.05, 4.69) is 4.31 Å². The van der Waals surface area contributed by atoms with Crippen LogP contribution in [-0.4, -0.2) is 22.5 Å². The predicted octanol–water partition coefficient (Wildman–Crippen LogP) is 2.47. The van der Waals surface area contributed by atoms with Crippen LogP contribution >= 0.6 is 11.9 Å². The van der Waals surface area contributed by atoms with Gasteiger partial charge in [0, 0.05) is 13.1 Å². The second kappa shape index (κ2) is 4.77. The molecule has 15 heavy (non-hydrogen) atoms. The average molecular weight is 224 g/mol. The smallest absolute Gasteiger partial charge is 0.153 e. The van der Waals surface area contributed by atoms with Crippen molar-refractivity contribution in [1.29, 1.82) is 0 Å². The third kappa shape index (κ3) is 2.58. The van der Waals surface area contributed by atoms with Gasteiger partial charge in [-0.1, -0.05) is 12.5 Å². The quantitative estimate of drug-likeness (QED) is 0.460. The first-order valence-electron chi connectivity index (χ1n) is 5.28. The Bertz CT molecular complexity index is 337. The highest BCUT2D eigenvalue weighted by atomic mass is 32.2. The SMILES string of the molecule is Nc1cccc(SN2CCCCC2)c1O. The van der Waals surface area contributed by atoms with Crippen molar-refractivity contribution < 1.29 is 5.11 Å². The monoisotopic (exact) mass is 224 g/mol. The summed E-state index contributed by atoms with van der Waals surface area (Å²) in [6, 6.07) is 5.50. The molecule has 1 aliphatic heterocycles. The van der Waals surface area contributed by atoms with Crippen LogP contribution in [0.3, 0.4) is 0 Å². The highest BCUT2D eigenvalue weighted by Gasteiger charge is 2.14. The largest absolute Gasteiger partial charge is 0.505 e. The summed E-state index contributed by atoms with van der Waals surface area (Å²) >= 11 is 1.61. The number of nitrogens with zero attached hydrogens (tertiary/aromatic N) is 1. The van der Waals surface area contributed by atoms with Crippen molar-refractivity contribution in [2.45, 2.75) is 24.2 Å². The predicted molar refractivity (Wildman–Crippen MR) is 63.8 cm³/mol. The molecule has 1 fully saturated rings. The van der Waals surface area contributed by atoms with E-state index in [4.69, 9.17) is 5.73 Å². The van der Waals surface area contributed by atoms with Crippen LogP contribution in [0.4, 0.5) is 5.69 Å². The van der Waals surface area contributed by atoms with Gasteiger partial charge in [0.15, 0.2) is 5.75 Å². The third-order valence-corrected chi connectivity index (χ3v) is 3.72. The summed E-state index contributed by atoms with van der Waals surface area (Å²) in [6.07, 6.45) is 3.81. The molecule has 82 valence electrons. The Kier molecular flexibility index (Phi) is 3.38. The average Bonchev–Trinajstić information content (AvgIpc) is 2.26. The number of hydrogen-bond donors (Lipinski definition) is 2. The molecule has 0 saturated carbocycles. The van der Waals surface area contributed by atoms with Crippen LogP contribution in [-0.2, 0) is 0 Å². The molecule has 0 atom stereocenters. The molecule has 0 amide bonds. The summed E-state index contributed by atoms with van der Waals surface area (Å²) in [5.41, 5.74) is 6.10. The number of anilines is 1. The lowest BCUT2D eigenvalue weighted by Gasteiger charge is -2.25. The maximum Gasteiger partial charge on any atom is 0.153 e. The van der Waals surface area contributed by atoms with Crippen LogP contribution in [0, 0.1) is 0 Å². The summed E-state index contributed by atoms with van der Waals surface area (Å²) in [4.78, 5) is 0.858. The van der Waals surface area contributed by atoms with E-state index in [0.29, 0.717) is 5.69 Å². The Hall–Kier alpha value is -0.870. The zero-order valence-corrected chi connectivity index (χ0v) is 9.46. The van der Waals surface area contributed by atoms with Gasteiger partial charge in [-0.25, -0.2) is 4.31 Å². The molecule has 1 saturated heterocycles. The number of piperidine rings is 1. The molecular formula is C11H16N2OS. The minimum absolute atomic E-state index is 0.216. The van der Waals surface area contributed by atoms with E-state index in [1.54, 1.807) is 18.0 Å². The van der Waals surface area contributed by atoms with E-state index in [-0.39, 0.29) is 5.75 Å². The van der Waals surface area contributed by atoms with Gasteiger partial charge in [-0.15, -0.1) is 0 Å². The second-order valence-corrected chi connectivity index (χ2v) is 4.91. The number of nitrogen functional groups attached to an aromatic ring is 1. The van der Waals surface area contributed by atoms with Crippen LogP contribution < -0.4 is 5.73 Å². The van der Waals surface area contributed by atoms with Crippen LogP contribution in [0.15, 0.2) is 23.1 Å². The lowest BCUT2D eigenvalue weighted by Crippen LogP contribution is -2.22. The topological polar surface area (TPSA) is 49.5 Å². The molecule has 4 heteroatoms. The number of para-hydroxylation sites is 1. The van der Waals surface area contributed by atoms with E-state index in [1.807, 2.05) is 12.1 Å². The Labute approximate surface area is 94.4 Å². The lowest BCUT2D eigenvalue weighted by atomic mass is 10.2. The van der Waals surface area contributed by atoms with Crippen molar-refractivity contribution in [2.75, 3.05) is 18.8 Å². The highest BCUT2D eigenvalue weighted by molar-refractivity contribution is 7.97. The van der Waals surface area contributed by atoms with Crippen LogP contribution in [0.1, 0.15) is 19.3 Å². The molecule has 1 aromatic carbocycles. The van der Waals surface area contributed by atoms with E-state index < -0.39 is 0 Å². The molecule has 0 aliphatic carbocycles. The van der Waals surface area contributed by atoms with Crippen molar-refractivity contribution in [3.63, 3.8) is 0 Å². The minimum Gasteiger partial charge on any atom is -0.505 e. The van der Waals surface area contributed by atoms with Gasteiger partial charge >= 0.3 is 0 Å². The molecule has 1 aliphatic rings. The second-order valence-electron chi connectivity index (χ2n) is 3.77. The van der Waals surface area contributed by atoms with Gasteiger partial charge in [-0.05, 0) is 36.9 Å². The van der Waals surface area contributed by atoms with Crippen LogP contribution in [0.2, 0.25) is 0 Å². The molecule has 1 aromatic rings. The molecular weight excluding hydrogens is 208 g/mol. The van der Waals surface area contributed by atoms with Gasteiger partial charge in [0.1, 0.15) is 0 Å². The Morgan fingerprint density at radius 1 is 1.20 bits per heavy atom. The van der Waals surface area contributed by atoms with E-state index >= 15 is 0 Å². The molecule has 0 unspecified atom stereocenters. The van der Waals surface area contributed by atoms with E-state index in [0.717, 1.165) is 18.0 Å². The third-order valence-electron chi connectivity index (χ3n) is 2.57. The van der Waals surface area contributed by atoms with Crippen molar-refractivity contribution in [3.05, 3.63) is 18.2 Å². The number of phenols is 1. The summed E-state index contributed by atoms with van der Waals surface area (Å²) in [5.74, 6) is 0.216. The highest BCUT2D eigenvalue weighted by Crippen LogP contribution is 2.35. The molecule has 2 rings (SSSR count). The van der Waals surface area contributed by atoms with Crippen LogP contribution in [0.25, 0.3) is 0 Å². The molecule has 0 spiro atoms. The number of hydrogen-bond acceptors (Lipinski definition) is 4. The van der Waals surface area contributed by atoms with Gasteiger partial charge in [-0.3, -0.25) is 0 Å². The minimum atomic E-state index is 0.216. The van der Waals surface area contributed by atoms with Gasteiger partial charge in [0.25, 0.3) is 0 Å². The van der Waals surface area contributed by atoms with Gasteiger partial charge in [-0.2, -0.15) is 0 Å². The number of rotatable bonds is 2. The standard InChI is InChI=1S/C11H16N2OS/c12-9-5-4-6-10(11(9)14)15-13-7-2-1-3-8-13/h4-6,14H,1-3,7-8,12H2. The Morgan fingerprint density at radius 3 is 2.67 bits per heavy atom. The van der Waals surface area contributed by atoms with Crippen molar-refractivity contribution in [1.82, 2.24) is 4.31 Å². The van der Waals surface area contributed by atoms with E-state index in [9.17, 15) is 5.11 Å². The number of phenolic OH excluding ortho intramolecular Hbond substituents is 1. The first-order valence-corrected chi connectivity index (χ1v) is 6.05. The normalized spacial score (nSPS) is 17.9. The van der Waals surface area contributed by atoms with Crippen molar-refractivity contribution in [2.24, 2.45) is 0 Å². The Balaban J connectivity index is 2.06. The number of aromatic hydroxyl groups is 1. The Morgan fingerprint density at radius 2 is 1.93 bits per heavy atom. The van der Waals surface area contributed by atoms with Crippen LogP contribution in [0.5, 0.6) is 5.75 Å². The fourth-order valence-electron chi connectivity index (χ4n) is 1.71. The molecule has 0 bridgehead atoms. The zero-order chi connectivity index (χ0) is 10.7. The molecule has 1 heterocycles. The zero-order valence-electron chi connectivity index (χ0n) is 8.65.